The van der Waals surface area contributed by atoms with Crippen LogP contribution in [0.5, 0.6) is 0 Å². The Kier molecular flexibility index (Phi) is 7.91. The van der Waals surface area contributed by atoms with Gasteiger partial charge >= 0.3 is 5.97 Å². The van der Waals surface area contributed by atoms with E-state index in [1.165, 1.54) is 4.90 Å². The van der Waals surface area contributed by atoms with Crippen LogP contribution in [0.3, 0.4) is 0 Å². The maximum atomic E-state index is 11.8. The first-order valence-corrected chi connectivity index (χ1v) is 7.62. The normalized spacial score (nSPS) is 10.6. The minimum Gasteiger partial charge on any atom is -0.464 e. The van der Waals surface area contributed by atoms with Crippen LogP contribution in [0.4, 0.5) is 0 Å². The molecule has 0 spiro atoms. The summed E-state index contributed by atoms with van der Waals surface area (Å²) in [5.41, 5.74) is 1.09. The SMILES string of the molecule is CCN(CC(=O)OCCC(=O)N(C)C)Cc1ccc(Cl)cc1. The van der Waals surface area contributed by atoms with Crippen LogP contribution in [-0.2, 0) is 20.9 Å². The molecule has 0 unspecified atom stereocenters. The second-order valence-electron chi connectivity index (χ2n) is 5.19. The van der Waals surface area contributed by atoms with E-state index in [0.717, 1.165) is 12.1 Å². The van der Waals surface area contributed by atoms with E-state index >= 15 is 0 Å². The number of rotatable bonds is 8. The number of halogens is 1. The van der Waals surface area contributed by atoms with Crippen molar-refractivity contribution in [1.82, 2.24) is 9.80 Å². The van der Waals surface area contributed by atoms with E-state index in [1.54, 1.807) is 14.1 Å². The summed E-state index contributed by atoms with van der Waals surface area (Å²) in [5.74, 6) is -0.372. The summed E-state index contributed by atoms with van der Waals surface area (Å²) >= 11 is 5.85. The van der Waals surface area contributed by atoms with E-state index in [4.69, 9.17) is 16.3 Å². The summed E-state index contributed by atoms with van der Waals surface area (Å²) in [7, 11) is 3.35. The van der Waals surface area contributed by atoms with Gasteiger partial charge in [0.25, 0.3) is 0 Å². The highest BCUT2D eigenvalue weighted by Crippen LogP contribution is 2.11. The van der Waals surface area contributed by atoms with E-state index in [9.17, 15) is 9.59 Å². The molecular weight excluding hydrogens is 304 g/mol. The molecule has 1 aromatic carbocycles. The number of likely N-dealkylation sites (N-methyl/N-ethyl adjacent to an activating group) is 1. The summed E-state index contributed by atoms with van der Waals surface area (Å²) in [6.45, 7) is 3.69. The van der Waals surface area contributed by atoms with Gasteiger partial charge in [-0.1, -0.05) is 30.7 Å². The number of ether oxygens (including phenoxy) is 1. The average Bonchev–Trinajstić information content (AvgIpc) is 2.48. The van der Waals surface area contributed by atoms with Crippen LogP contribution in [-0.4, -0.2) is 55.5 Å². The van der Waals surface area contributed by atoms with Crippen molar-refractivity contribution in [2.24, 2.45) is 0 Å². The molecule has 0 N–H and O–H groups in total. The molecule has 0 radical (unpaired) electrons. The van der Waals surface area contributed by atoms with E-state index in [-0.39, 0.29) is 31.4 Å². The van der Waals surface area contributed by atoms with Crippen LogP contribution >= 0.6 is 11.6 Å². The van der Waals surface area contributed by atoms with Crippen LogP contribution in [0, 0.1) is 0 Å². The lowest BCUT2D eigenvalue weighted by Gasteiger charge is -2.19. The standard InChI is InChI=1S/C16H23ClN2O3/c1-4-19(11-13-5-7-14(17)8-6-13)12-16(21)22-10-9-15(20)18(2)3/h5-8H,4,9-12H2,1-3H3. The Bertz CT molecular complexity index is 489. The molecule has 1 amide bonds. The third-order valence-electron chi connectivity index (χ3n) is 3.20. The Morgan fingerprint density at radius 1 is 1.18 bits per heavy atom. The Morgan fingerprint density at radius 2 is 1.82 bits per heavy atom. The minimum atomic E-state index is -0.317. The summed E-state index contributed by atoms with van der Waals surface area (Å²) in [6, 6.07) is 7.53. The van der Waals surface area contributed by atoms with Gasteiger partial charge in [-0.25, -0.2) is 0 Å². The van der Waals surface area contributed by atoms with E-state index in [0.29, 0.717) is 11.6 Å². The fourth-order valence-electron chi connectivity index (χ4n) is 1.83. The van der Waals surface area contributed by atoms with E-state index in [2.05, 4.69) is 0 Å². The van der Waals surface area contributed by atoms with Crippen LogP contribution in [0.1, 0.15) is 18.9 Å². The third-order valence-corrected chi connectivity index (χ3v) is 3.45. The number of benzene rings is 1. The molecule has 22 heavy (non-hydrogen) atoms. The Balaban J connectivity index is 2.37. The van der Waals surface area contributed by atoms with Gasteiger partial charge in [-0.3, -0.25) is 14.5 Å². The number of nitrogens with zero attached hydrogens (tertiary/aromatic N) is 2. The van der Waals surface area contributed by atoms with Gasteiger partial charge in [0.15, 0.2) is 0 Å². The van der Waals surface area contributed by atoms with Crippen LogP contribution in [0.25, 0.3) is 0 Å². The van der Waals surface area contributed by atoms with Crippen molar-refractivity contribution in [3.05, 3.63) is 34.9 Å². The molecule has 122 valence electrons. The van der Waals surface area contributed by atoms with Gasteiger partial charge < -0.3 is 9.64 Å². The highest BCUT2D eigenvalue weighted by Gasteiger charge is 2.12. The maximum absolute atomic E-state index is 11.8. The molecule has 0 heterocycles. The zero-order valence-electron chi connectivity index (χ0n) is 13.3. The number of carbonyl (C=O) groups excluding carboxylic acids is 2. The summed E-state index contributed by atoms with van der Waals surface area (Å²) < 4.78 is 5.10. The second kappa shape index (κ2) is 9.43. The maximum Gasteiger partial charge on any atom is 0.320 e. The number of carbonyl (C=O) groups is 2. The first-order chi connectivity index (χ1) is 10.4. The van der Waals surface area contributed by atoms with Crippen LogP contribution in [0.2, 0.25) is 5.02 Å². The van der Waals surface area contributed by atoms with Gasteiger partial charge in [0, 0.05) is 25.7 Å². The molecule has 1 aromatic rings. The molecule has 0 aliphatic carbocycles. The monoisotopic (exact) mass is 326 g/mol. The van der Waals surface area contributed by atoms with Crippen LogP contribution < -0.4 is 0 Å². The van der Waals surface area contributed by atoms with Gasteiger partial charge in [0.1, 0.15) is 6.61 Å². The van der Waals surface area contributed by atoms with Gasteiger partial charge in [0.05, 0.1) is 13.0 Å². The summed E-state index contributed by atoms with van der Waals surface area (Å²) in [5, 5.41) is 0.691. The van der Waals surface area contributed by atoms with Crippen molar-refractivity contribution in [3.8, 4) is 0 Å². The number of esters is 1. The first kappa shape index (κ1) is 18.5. The van der Waals surface area contributed by atoms with Gasteiger partial charge in [-0.15, -0.1) is 0 Å². The van der Waals surface area contributed by atoms with Gasteiger partial charge in [-0.05, 0) is 24.2 Å². The smallest absolute Gasteiger partial charge is 0.320 e. The van der Waals surface area contributed by atoms with E-state index in [1.807, 2.05) is 36.1 Å². The average molecular weight is 327 g/mol. The fraction of sp³-hybridized carbons (Fsp3) is 0.500. The number of hydrogen-bond acceptors (Lipinski definition) is 4. The molecule has 0 aromatic heterocycles. The first-order valence-electron chi connectivity index (χ1n) is 7.25. The molecule has 1 rings (SSSR count). The van der Waals surface area contributed by atoms with Crippen molar-refractivity contribution in [3.63, 3.8) is 0 Å². The molecule has 5 nitrogen and oxygen atoms in total. The summed E-state index contributed by atoms with van der Waals surface area (Å²) in [6.07, 6.45) is 0.210. The van der Waals surface area contributed by atoms with E-state index < -0.39 is 0 Å². The fourth-order valence-corrected chi connectivity index (χ4v) is 1.96. The largest absolute Gasteiger partial charge is 0.464 e. The molecule has 0 saturated heterocycles. The highest BCUT2D eigenvalue weighted by atomic mass is 35.5. The number of amides is 1. The van der Waals surface area contributed by atoms with Crippen molar-refractivity contribution in [2.45, 2.75) is 19.9 Å². The number of hydrogen-bond donors (Lipinski definition) is 0. The third kappa shape index (κ3) is 6.91. The molecule has 0 atom stereocenters. The van der Waals surface area contributed by atoms with Crippen molar-refractivity contribution in [1.29, 1.82) is 0 Å². The Morgan fingerprint density at radius 3 is 2.36 bits per heavy atom. The predicted octanol–water partition coefficient (Wildman–Crippen LogP) is 2.18. The zero-order chi connectivity index (χ0) is 16.5. The van der Waals surface area contributed by atoms with Crippen molar-refractivity contribution in [2.75, 3.05) is 33.8 Å². The topological polar surface area (TPSA) is 49.9 Å². The molecule has 0 aliphatic heterocycles. The highest BCUT2D eigenvalue weighted by molar-refractivity contribution is 6.30. The molecule has 0 bridgehead atoms. The quantitative estimate of drug-likeness (QED) is 0.687. The second-order valence-corrected chi connectivity index (χ2v) is 5.62. The predicted molar refractivity (Wildman–Crippen MR) is 86.7 cm³/mol. The van der Waals surface area contributed by atoms with Crippen molar-refractivity contribution >= 4 is 23.5 Å². The minimum absolute atomic E-state index is 0.0543. The molecule has 6 heteroatoms. The summed E-state index contributed by atoms with van der Waals surface area (Å²) in [4.78, 5) is 26.6. The molecule has 0 fully saturated rings. The van der Waals surface area contributed by atoms with Gasteiger partial charge in [-0.2, -0.15) is 0 Å². The van der Waals surface area contributed by atoms with Gasteiger partial charge in [0.2, 0.25) is 5.91 Å². The Labute approximate surface area is 136 Å². The zero-order valence-corrected chi connectivity index (χ0v) is 14.1. The lowest BCUT2D eigenvalue weighted by molar-refractivity contribution is -0.146. The Hall–Kier alpha value is -1.59. The lowest BCUT2D eigenvalue weighted by Crippen LogP contribution is -2.31. The molecule has 0 aliphatic rings. The molecule has 0 saturated carbocycles. The molecular formula is C16H23ClN2O3. The lowest BCUT2D eigenvalue weighted by atomic mass is 10.2. The van der Waals surface area contributed by atoms with Crippen LogP contribution in [0.15, 0.2) is 24.3 Å². The van der Waals surface area contributed by atoms with Crippen molar-refractivity contribution < 1.29 is 14.3 Å².